The van der Waals surface area contributed by atoms with Crippen molar-refractivity contribution in [1.29, 1.82) is 0 Å². The van der Waals surface area contributed by atoms with Crippen LogP contribution in [0.15, 0.2) is 42.5 Å². The molecule has 4 N–H and O–H groups in total. The quantitative estimate of drug-likeness (QED) is 0.453. The minimum absolute atomic E-state index is 0.0446. The molecule has 0 aromatic heterocycles. The molecule has 1 heterocycles. The molecule has 0 aliphatic carbocycles. The number of nitrogens with one attached hydrogen (secondary N) is 4. The van der Waals surface area contributed by atoms with Gasteiger partial charge in [-0.05, 0) is 48.7 Å². The van der Waals surface area contributed by atoms with Crippen LogP contribution in [0.3, 0.4) is 0 Å². The third-order valence-electron chi connectivity index (χ3n) is 5.99. The van der Waals surface area contributed by atoms with Gasteiger partial charge in [0.2, 0.25) is 0 Å². The molecule has 31 heavy (non-hydrogen) atoms. The summed E-state index contributed by atoms with van der Waals surface area (Å²) in [5.74, 6) is 0.884. The van der Waals surface area contributed by atoms with E-state index in [0.29, 0.717) is 19.6 Å². The van der Waals surface area contributed by atoms with Gasteiger partial charge in [-0.25, -0.2) is 0 Å². The van der Waals surface area contributed by atoms with Crippen LogP contribution >= 0.6 is 0 Å². The normalized spacial score (nSPS) is 18.3. The van der Waals surface area contributed by atoms with Crippen LogP contribution in [0.5, 0.6) is 5.75 Å². The zero-order valence-electron chi connectivity index (χ0n) is 18.7. The molecule has 7 nitrogen and oxygen atoms in total. The maximum atomic E-state index is 12.5. The number of carbonyl (C=O) groups is 2. The summed E-state index contributed by atoms with van der Waals surface area (Å²) in [5.41, 5.74) is 4.19. The van der Waals surface area contributed by atoms with Gasteiger partial charge in [-0.1, -0.05) is 24.3 Å². The molecular formula is C24H34N4O3+2. The van der Waals surface area contributed by atoms with E-state index in [1.165, 1.54) is 15.4 Å². The van der Waals surface area contributed by atoms with Gasteiger partial charge in [0.1, 0.15) is 31.9 Å². The smallest absolute Gasteiger partial charge is 0.279 e. The Kier molecular flexibility index (Phi) is 8.03. The van der Waals surface area contributed by atoms with Crippen molar-refractivity contribution >= 4 is 17.5 Å². The zero-order chi connectivity index (χ0) is 22.2. The topological polar surface area (TPSA) is 76.3 Å². The average Bonchev–Trinajstić information content (AvgIpc) is 2.77. The van der Waals surface area contributed by atoms with Crippen molar-refractivity contribution in [2.45, 2.75) is 20.4 Å². The summed E-state index contributed by atoms with van der Waals surface area (Å²) in [6.45, 7) is 9.05. The Morgan fingerprint density at radius 3 is 2.26 bits per heavy atom. The van der Waals surface area contributed by atoms with Gasteiger partial charge in [0, 0.05) is 12.2 Å². The molecule has 0 bridgehead atoms. The number of quaternary nitrogens is 2. The molecule has 1 fully saturated rings. The molecule has 0 atom stereocenters. The molecule has 0 saturated carbocycles. The van der Waals surface area contributed by atoms with Crippen LogP contribution in [0.1, 0.15) is 16.7 Å². The summed E-state index contributed by atoms with van der Waals surface area (Å²) in [6.07, 6.45) is 0. The van der Waals surface area contributed by atoms with Crippen LogP contribution in [0, 0.1) is 13.8 Å². The number of carbonyl (C=O) groups excluding carboxylic acids is 2. The van der Waals surface area contributed by atoms with Crippen LogP contribution < -0.4 is 25.2 Å². The van der Waals surface area contributed by atoms with Crippen molar-refractivity contribution in [2.24, 2.45) is 0 Å². The lowest BCUT2D eigenvalue weighted by Gasteiger charge is -2.29. The molecule has 0 radical (unpaired) electrons. The highest BCUT2D eigenvalue weighted by Crippen LogP contribution is 2.17. The van der Waals surface area contributed by atoms with Crippen LogP contribution in [0.25, 0.3) is 0 Å². The second-order valence-electron chi connectivity index (χ2n) is 8.28. The summed E-state index contributed by atoms with van der Waals surface area (Å²) >= 11 is 0. The largest absolute Gasteiger partial charge is 0.497 e. The van der Waals surface area contributed by atoms with Crippen LogP contribution in [0.2, 0.25) is 0 Å². The second-order valence-corrected chi connectivity index (χ2v) is 8.28. The lowest BCUT2D eigenvalue weighted by atomic mass is 10.1. The van der Waals surface area contributed by atoms with E-state index in [0.717, 1.165) is 48.7 Å². The van der Waals surface area contributed by atoms with E-state index in [-0.39, 0.29) is 11.8 Å². The molecule has 3 rings (SSSR count). The average molecular weight is 427 g/mol. The van der Waals surface area contributed by atoms with Gasteiger partial charge in [0.15, 0.2) is 13.1 Å². The number of hydrogen-bond acceptors (Lipinski definition) is 3. The standard InChI is InChI=1S/C24H32N4O3/c1-18-6-4-9-22(19(18)2)26-24(30)17-28-12-10-27(11-13-28)16-23(29)25-15-20-7-5-8-21(14-20)31-3/h4-9,14H,10-13,15-17H2,1-3H3,(H,25,29)(H,26,30)/p+2. The number of methoxy groups -OCH3 is 1. The molecule has 7 heteroatoms. The molecule has 1 saturated heterocycles. The van der Waals surface area contributed by atoms with Gasteiger partial charge in [0.25, 0.3) is 11.8 Å². The first-order valence-electron chi connectivity index (χ1n) is 10.9. The minimum Gasteiger partial charge on any atom is -0.497 e. The van der Waals surface area contributed by atoms with E-state index in [2.05, 4.69) is 10.6 Å². The highest BCUT2D eigenvalue weighted by molar-refractivity contribution is 5.92. The molecule has 1 aliphatic rings. The highest BCUT2D eigenvalue weighted by atomic mass is 16.5. The van der Waals surface area contributed by atoms with E-state index in [1.807, 2.05) is 56.3 Å². The molecular weight excluding hydrogens is 392 g/mol. The number of piperazine rings is 1. The van der Waals surface area contributed by atoms with Crippen LogP contribution in [-0.2, 0) is 16.1 Å². The predicted molar refractivity (Wildman–Crippen MR) is 121 cm³/mol. The van der Waals surface area contributed by atoms with Gasteiger partial charge in [-0.2, -0.15) is 0 Å². The number of rotatable bonds is 8. The molecule has 2 aromatic carbocycles. The van der Waals surface area contributed by atoms with E-state index in [4.69, 9.17) is 4.74 Å². The third kappa shape index (κ3) is 6.80. The molecule has 0 spiro atoms. The number of ether oxygens (including phenoxy) is 1. The van der Waals surface area contributed by atoms with E-state index < -0.39 is 0 Å². The van der Waals surface area contributed by atoms with E-state index in [9.17, 15) is 9.59 Å². The maximum Gasteiger partial charge on any atom is 0.279 e. The third-order valence-corrected chi connectivity index (χ3v) is 5.99. The minimum atomic E-state index is 0.0446. The molecule has 2 amide bonds. The number of amides is 2. The van der Waals surface area contributed by atoms with Crippen molar-refractivity contribution in [3.63, 3.8) is 0 Å². The van der Waals surface area contributed by atoms with Gasteiger partial charge in [0.05, 0.1) is 7.11 Å². The Labute approximate surface area is 184 Å². The van der Waals surface area contributed by atoms with Crippen LogP contribution in [0.4, 0.5) is 5.69 Å². The summed E-state index contributed by atoms with van der Waals surface area (Å²) in [7, 11) is 1.63. The SMILES string of the molecule is COc1cccc(CNC(=O)C[NH+]2CC[NH+](CC(=O)Nc3cccc(C)c3C)CC2)c1. The Morgan fingerprint density at radius 2 is 1.58 bits per heavy atom. The Bertz CT molecular complexity index is 907. The number of anilines is 1. The molecule has 1 aliphatic heterocycles. The van der Waals surface area contributed by atoms with E-state index >= 15 is 0 Å². The van der Waals surface area contributed by atoms with Crippen molar-refractivity contribution in [2.75, 3.05) is 51.7 Å². The summed E-state index contributed by atoms with van der Waals surface area (Å²) in [4.78, 5) is 27.3. The van der Waals surface area contributed by atoms with Gasteiger partial charge in [-0.15, -0.1) is 0 Å². The van der Waals surface area contributed by atoms with Crippen LogP contribution in [-0.4, -0.2) is 58.2 Å². The monoisotopic (exact) mass is 426 g/mol. The zero-order valence-corrected chi connectivity index (χ0v) is 18.7. The molecule has 0 unspecified atom stereocenters. The molecule has 166 valence electrons. The van der Waals surface area contributed by atoms with Gasteiger partial charge < -0.3 is 25.2 Å². The first-order chi connectivity index (χ1) is 14.9. The summed E-state index contributed by atoms with van der Waals surface area (Å²) < 4.78 is 5.22. The van der Waals surface area contributed by atoms with Crippen molar-refractivity contribution in [1.82, 2.24) is 5.32 Å². The fraction of sp³-hybridized carbons (Fsp3) is 0.417. The number of benzene rings is 2. The molecule has 2 aromatic rings. The summed E-state index contributed by atoms with van der Waals surface area (Å²) in [5, 5.41) is 6.03. The lowest BCUT2D eigenvalue weighted by molar-refractivity contribution is -1.00. The Morgan fingerprint density at radius 1 is 0.935 bits per heavy atom. The fourth-order valence-corrected chi connectivity index (χ4v) is 3.89. The Hall–Kier alpha value is -2.90. The fourth-order valence-electron chi connectivity index (χ4n) is 3.89. The Balaban J connectivity index is 1.37. The van der Waals surface area contributed by atoms with Crippen molar-refractivity contribution < 1.29 is 24.1 Å². The van der Waals surface area contributed by atoms with Crippen molar-refractivity contribution in [3.05, 3.63) is 59.2 Å². The van der Waals surface area contributed by atoms with E-state index in [1.54, 1.807) is 7.11 Å². The first-order valence-corrected chi connectivity index (χ1v) is 10.9. The van der Waals surface area contributed by atoms with Crippen molar-refractivity contribution in [3.8, 4) is 5.75 Å². The second kappa shape index (κ2) is 10.9. The maximum absolute atomic E-state index is 12.5. The highest BCUT2D eigenvalue weighted by Gasteiger charge is 2.26. The number of hydrogen-bond donors (Lipinski definition) is 4. The number of aryl methyl sites for hydroxylation is 1. The van der Waals surface area contributed by atoms with Gasteiger partial charge >= 0.3 is 0 Å². The first kappa shape index (κ1) is 22.8. The predicted octanol–water partition coefficient (Wildman–Crippen LogP) is -0.650. The van der Waals surface area contributed by atoms with Gasteiger partial charge in [-0.3, -0.25) is 9.59 Å². The lowest BCUT2D eigenvalue weighted by Crippen LogP contribution is -3.28. The summed E-state index contributed by atoms with van der Waals surface area (Å²) in [6, 6.07) is 13.7.